The lowest BCUT2D eigenvalue weighted by molar-refractivity contribution is -0.333. The lowest BCUT2D eigenvalue weighted by Gasteiger charge is -2.44. The molecule has 10 N–H and O–H groups in total. The smallest absolute Gasteiger partial charge is 0.339 e. The van der Waals surface area contributed by atoms with E-state index in [9.17, 15) is 60.7 Å². The molecule has 2 aliphatic heterocycles. The minimum atomic E-state index is -2.75. The molecule has 12 atom stereocenters. The highest BCUT2D eigenvalue weighted by molar-refractivity contribution is 5.88. The Morgan fingerprint density at radius 3 is 1.80 bits per heavy atom. The second-order valence-corrected chi connectivity index (χ2v) is 11.1. The maximum atomic E-state index is 12.9. The molecule has 3 rings (SSSR count). The number of carboxylic acids is 1. The van der Waals surface area contributed by atoms with Gasteiger partial charge in [0.2, 0.25) is 11.9 Å². The van der Waals surface area contributed by atoms with Crippen LogP contribution in [0.3, 0.4) is 0 Å². The Morgan fingerprint density at radius 2 is 1.32 bits per heavy atom. The van der Waals surface area contributed by atoms with Gasteiger partial charge in [0.25, 0.3) is 0 Å². The highest BCUT2D eigenvalue weighted by Crippen LogP contribution is 2.33. The third-order valence-corrected chi connectivity index (χ3v) is 7.32. The summed E-state index contributed by atoms with van der Waals surface area (Å²) in [5, 5.41) is 100. The van der Waals surface area contributed by atoms with Crippen molar-refractivity contribution in [2.75, 3.05) is 13.2 Å². The van der Waals surface area contributed by atoms with Crippen molar-refractivity contribution in [3.63, 3.8) is 0 Å². The van der Waals surface area contributed by atoms with Gasteiger partial charge < -0.3 is 74.7 Å². The number of aliphatic hydroxyl groups excluding tert-OH is 9. The molecule has 0 radical (unpaired) electrons. The maximum Gasteiger partial charge on any atom is 0.339 e. The van der Waals surface area contributed by atoms with Gasteiger partial charge in [-0.05, 0) is 30.0 Å². The third kappa shape index (κ3) is 7.82. The van der Waals surface area contributed by atoms with Crippen LogP contribution in [-0.2, 0) is 35.1 Å². The minimum Gasteiger partial charge on any atom is -0.479 e. The molecule has 12 unspecified atom stereocenters. The first-order valence-corrected chi connectivity index (χ1v) is 13.8. The molecular formula is C27H40O17. The number of carboxylic acid groups (broad SMARTS) is 1. The van der Waals surface area contributed by atoms with E-state index in [2.05, 4.69) is 0 Å². The molecule has 2 fully saturated rings. The number of esters is 1. The van der Waals surface area contributed by atoms with Crippen LogP contribution >= 0.6 is 0 Å². The van der Waals surface area contributed by atoms with Gasteiger partial charge in [-0.2, -0.15) is 0 Å². The largest absolute Gasteiger partial charge is 0.479 e. The summed E-state index contributed by atoms with van der Waals surface area (Å²) < 4.78 is 26.6. The lowest BCUT2D eigenvalue weighted by Crippen LogP contribution is -2.64. The zero-order valence-corrected chi connectivity index (χ0v) is 23.9. The van der Waals surface area contributed by atoms with Crippen LogP contribution in [0.2, 0.25) is 0 Å². The molecule has 0 amide bonds. The second-order valence-electron chi connectivity index (χ2n) is 11.1. The molecule has 2 aliphatic rings. The van der Waals surface area contributed by atoms with E-state index in [1.165, 1.54) is 24.3 Å². The fraction of sp³-hybridized carbons (Fsp3) is 0.704. The van der Waals surface area contributed by atoms with Crippen LogP contribution in [0.25, 0.3) is 0 Å². The summed E-state index contributed by atoms with van der Waals surface area (Å²) in [6.45, 7) is 1.20. The maximum absolute atomic E-state index is 12.9. The van der Waals surface area contributed by atoms with Gasteiger partial charge in [-0.1, -0.05) is 26.0 Å². The molecule has 0 bridgehead atoms. The van der Waals surface area contributed by atoms with Gasteiger partial charge in [0, 0.05) is 0 Å². The first-order chi connectivity index (χ1) is 20.7. The first kappa shape index (κ1) is 36.0. The lowest BCUT2D eigenvalue weighted by atomic mass is 9.86. The van der Waals surface area contributed by atoms with Crippen molar-refractivity contribution in [1.82, 2.24) is 0 Å². The van der Waals surface area contributed by atoms with Crippen molar-refractivity contribution < 1.29 is 84.3 Å². The summed E-state index contributed by atoms with van der Waals surface area (Å²) >= 11 is 0. The van der Waals surface area contributed by atoms with Crippen molar-refractivity contribution in [2.45, 2.75) is 100.0 Å². The van der Waals surface area contributed by atoms with Crippen LogP contribution in [0.4, 0.5) is 0 Å². The Bertz CT molecular complexity index is 1080. The average Bonchev–Trinajstić information content (AvgIpc) is 2.99. The fourth-order valence-electron chi connectivity index (χ4n) is 4.84. The standard InChI is InChI=1S/C27H40O17/c1-11(2)7-27(26(38)39,44-25-21(35)19(33)17(31)15(9-29)43-25)22(36)23(37)40-10-12-3-5-13(6-4-12)41-24-20(34)18(32)16(30)14(8-28)42-24/h3-6,11,14-22,24-25,28-36H,7-10H2,1-2H3,(H,38,39). The Labute approximate surface area is 251 Å². The van der Waals surface area contributed by atoms with Crippen LogP contribution in [0.1, 0.15) is 25.8 Å². The molecule has 250 valence electrons. The number of hydrogen-bond acceptors (Lipinski definition) is 16. The van der Waals surface area contributed by atoms with Crippen LogP contribution in [0, 0.1) is 5.92 Å². The predicted molar refractivity (Wildman–Crippen MR) is 141 cm³/mol. The zero-order chi connectivity index (χ0) is 32.9. The van der Waals surface area contributed by atoms with Gasteiger partial charge in [0.05, 0.1) is 13.2 Å². The Kier molecular flexibility index (Phi) is 12.4. The highest BCUT2D eigenvalue weighted by atomic mass is 16.7. The van der Waals surface area contributed by atoms with E-state index in [-0.39, 0.29) is 5.75 Å². The third-order valence-electron chi connectivity index (χ3n) is 7.32. The summed E-state index contributed by atoms with van der Waals surface area (Å²) in [6.07, 6.45) is -19.5. The number of carbonyl (C=O) groups is 2. The van der Waals surface area contributed by atoms with E-state index in [1.54, 1.807) is 13.8 Å². The molecule has 44 heavy (non-hydrogen) atoms. The molecule has 17 nitrogen and oxygen atoms in total. The van der Waals surface area contributed by atoms with E-state index >= 15 is 0 Å². The molecule has 0 aromatic heterocycles. The molecule has 0 saturated carbocycles. The second kappa shape index (κ2) is 15.2. The molecule has 17 heteroatoms. The van der Waals surface area contributed by atoms with E-state index in [4.69, 9.17) is 23.7 Å². The molecule has 0 spiro atoms. The van der Waals surface area contributed by atoms with E-state index in [0.717, 1.165) is 0 Å². The molecule has 0 aliphatic carbocycles. The Hall–Kier alpha value is -2.52. The Morgan fingerprint density at radius 1 is 0.818 bits per heavy atom. The summed E-state index contributed by atoms with van der Waals surface area (Å²) in [6, 6.07) is 5.59. The average molecular weight is 637 g/mol. The van der Waals surface area contributed by atoms with Crippen molar-refractivity contribution in [2.24, 2.45) is 5.92 Å². The number of aliphatic hydroxyl groups is 9. The normalized spacial score (nSPS) is 34.6. The predicted octanol–water partition coefficient (Wildman–Crippen LogP) is -4.04. The molecule has 2 heterocycles. The van der Waals surface area contributed by atoms with Gasteiger partial charge in [0.15, 0.2) is 12.4 Å². The fourth-order valence-corrected chi connectivity index (χ4v) is 4.84. The van der Waals surface area contributed by atoms with Crippen molar-refractivity contribution in [3.05, 3.63) is 29.8 Å². The van der Waals surface area contributed by atoms with Crippen molar-refractivity contribution in [1.29, 1.82) is 0 Å². The monoisotopic (exact) mass is 636 g/mol. The number of ether oxygens (including phenoxy) is 5. The highest BCUT2D eigenvalue weighted by Gasteiger charge is 2.56. The molecule has 2 saturated heterocycles. The van der Waals surface area contributed by atoms with Gasteiger partial charge in [-0.25, -0.2) is 9.59 Å². The first-order valence-electron chi connectivity index (χ1n) is 13.8. The van der Waals surface area contributed by atoms with Crippen LogP contribution in [0.5, 0.6) is 5.75 Å². The summed E-state index contributed by atoms with van der Waals surface area (Å²) in [5.74, 6) is -3.62. The van der Waals surface area contributed by atoms with Crippen LogP contribution < -0.4 is 4.74 Å². The summed E-state index contributed by atoms with van der Waals surface area (Å²) in [5.41, 5.74) is -2.41. The summed E-state index contributed by atoms with van der Waals surface area (Å²) in [4.78, 5) is 25.4. The van der Waals surface area contributed by atoms with Crippen LogP contribution in [-0.4, -0.2) is 149 Å². The van der Waals surface area contributed by atoms with Crippen LogP contribution in [0.15, 0.2) is 24.3 Å². The topological polar surface area (TPSA) is 283 Å². The van der Waals surface area contributed by atoms with E-state index < -0.39 is 117 Å². The molecule has 1 aromatic carbocycles. The number of hydrogen-bond donors (Lipinski definition) is 10. The van der Waals surface area contributed by atoms with Crippen molar-refractivity contribution >= 4 is 11.9 Å². The van der Waals surface area contributed by atoms with E-state index in [1.807, 2.05) is 0 Å². The summed E-state index contributed by atoms with van der Waals surface area (Å²) in [7, 11) is 0. The number of carbonyl (C=O) groups excluding carboxylic acids is 1. The number of aliphatic carboxylic acids is 1. The Balaban J connectivity index is 1.70. The van der Waals surface area contributed by atoms with Gasteiger partial charge in [-0.15, -0.1) is 0 Å². The van der Waals surface area contributed by atoms with Crippen molar-refractivity contribution in [3.8, 4) is 5.75 Å². The van der Waals surface area contributed by atoms with Gasteiger partial charge >= 0.3 is 11.9 Å². The number of benzene rings is 1. The molecular weight excluding hydrogens is 596 g/mol. The quantitative estimate of drug-likeness (QED) is 0.0922. The van der Waals surface area contributed by atoms with Gasteiger partial charge in [-0.3, -0.25) is 0 Å². The zero-order valence-electron chi connectivity index (χ0n) is 23.9. The molecule has 1 aromatic rings. The SMILES string of the molecule is CC(C)CC(OC1OC(CO)C(O)C(O)C1O)(C(=O)O)C(O)C(=O)OCc1ccc(OC2OC(CO)C(O)C(O)C2O)cc1. The van der Waals surface area contributed by atoms with E-state index in [0.29, 0.717) is 5.56 Å². The van der Waals surface area contributed by atoms with Gasteiger partial charge in [0.1, 0.15) is 61.2 Å². The minimum absolute atomic E-state index is 0.124. The number of rotatable bonds is 13.